The quantitative estimate of drug-likeness (QED) is 0.653. The molecule has 100 valence electrons. The van der Waals surface area contributed by atoms with Crippen LogP contribution >= 0.6 is 11.6 Å². The van der Waals surface area contributed by atoms with E-state index in [1.807, 2.05) is 0 Å². The third-order valence-corrected chi connectivity index (χ3v) is 2.91. The Hall–Kier alpha value is -1.88. The van der Waals surface area contributed by atoms with Crippen LogP contribution in [-0.4, -0.2) is 28.5 Å². The van der Waals surface area contributed by atoms with Crippen LogP contribution in [0.5, 0.6) is 0 Å². The SMILES string of the molecule is O=C(O)c1cnc2cc(NCCCCl)c(F)cc2c1. The van der Waals surface area contributed by atoms with Crippen LogP contribution in [0.2, 0.25) is 0 Å². The first kappa shape index (κ1) is 13.5. The summed E-state index contributed by atoms with van der Waals surface area (Å²) in [4.78, 5) is 14.8. The Bertz CT molecular complexity index is 619. The maximum absolute atomic E-state index is 13.8. The van der Waals surface area contributed by atoms with E-state index < -0.39 is 11.8 Å². The molecule has 1 aromatic heterocycles. The van der Waals surface area contributed by atoms with E-state index in [1.54, 1.807) is 6.07 Å². The number of nitrogens with zero attached hydrogens (tertiary/aromatic N) is 1. The molecule has 0 fully saturated rings. The number of hydrogen-bond acceptors (Lipinski definition) is 3. The molecule has 4 nitrogen and oxygen atoms in total. The third kappa shape index (κ3) is 3.12. The number of anilines is 1. The Balaban J connectivity index is 2.35. The highest BCUT2D eigenvalue weighted by Gasteiger charge is 2.08. The van der Waals surface area contributed by atoms with Gasteiger partial charge in [-0.2, -0.15) is 0 Å². The molecule has 19 heavy (non-hydrogen) atoms. The molecule has 0 aliphatic rings. The van der Waals surface area contributed by atoms with E-state index in [4.69, 9.17) is 16.7 Å². The standard InChI is InChI=1S/C13H12ClFN2O2/c14-2-1-3-16-12-6-11-8(5-10(12)15)4-9(7-17-11)13(18)19/h4-7,16H,1-3H2,(H,18,19). The fraction of sp³-hybridized carbons (Fsp3) is 0.231. The molecule has 2 rings (SSSR count). The lowest BCUT2D eigenvalue weighted by Gasteiger charge is -2.08. The number of carboxylic acids is 1. The number of aromatic nitrogens is 1. The first-order valence-electron chi connectivity index (χ1n) is 5.74. The fourth-order valence-corrected chi connectivity index (χ4v) is 1.82. The zero-order valence-electron chi connectivity index (χ0n) is 9.99. The minimum Gasteiger partial charge on any atom is -0.478 e. The Labute approximate surface area is 114 Å². The van der Waals surface area contributed by atoms with Gasteiger partial charge in [0.1, 0.15) is 5.82 Å². The molecule has 0 aliphatic carbocycles. The third-order valence-electron chi connectivity index (χ3n) is 2.64. The number of carboxylic acid groups (broad SMARTS) is 1. The van der Waals surface area contributed by atoms with Gasteiger partial charge < -0.3 is 10.4 Å². The van der Waals surface area contributed by atoms with E-state index in [9.17, 15) is 9.18 Å². The van der Waals surface area contributed by atoms with Gasteiger partial charge in [-0.1, -0.05) is 0 Å². The summed E-state index contributed by atoms with van der Waals surface area (Å²) in [5, 5.41) is 12.2. The van der Waals surface area contributed by atoms with Gasteiger partial charge in [-0.3, -0.25) is 4.98 Å². The number of pyridine rings is 1. The van der Waals surface area contributed by atoms with Crippen LogP contribution in [0.1, 0.15) is 16.8 Å². The topological polar surface area (TPSA) is 62.2 Å². The van der Waals surface area contributed by atoms with Crippen LogP contribution in [0.15, 0.2) is 24.4 Å². The smallest absolute Gasteiger partial charge is 0.337 e. The number of aromatic carboxylic acids is 1. The molecule has 0 unspecified atom stereocenters. The van der Waals surface area contributed by atoms with Crippen molar-refractivity contribution in [3.63, 3.8) is 0 Å². The first-order chi connectivity index (χ1) is 9.11. The van der Waals surface area contributed by atoms with Crippen molar-refractivity contribution in [1.29, 1.82) is 0 Å². The average molecular weight is 283 g/mol. The van der Waals surface area contributed by atoms with Gasteiger partial charge in [0.2, 0.25) is 0 Å². The molecule has 0 saturated heterocycles. The molecule has 1 aromatic carbocycles. The summed E-state index contributed by atoms with van der Waals surface area (Å²) in [6.45, 7) is 0.569. The van der Waals surface area contributed by atoms with Crippen molar-refractivity contribution in [2.45, 2.75) is 6.42 Å². The van der Waals surface area contributed by atoms with E-state index in [0.717, 1.165) is 6.42 Å². The molecule has 1 heterocycles. The largest absolute Gasteiger partial charge is 0.478 e. The highest BCUT2D eigenvalue weighted by atomic mass is 35.5. The summed E-state index contributed by atoms with van der Waals surface area (Å²) < 4.78 is 13.8. The maximum atomic E-state index is 13.8. The predicted octanol–water partition coefficient (Wildman–Crippen LogP) is 3.11. The molecule has 2 N–H and O–H groups in total. The van der Waals surface area contributed by atoms with Gasteiger partial charge in [-0.05, 0) is 24.6 Å². The van der Waals surface area contributed by atoms with E-state index in [1.165, 1.54) is 18.3 Å². The number of halogens is 2. The van der Waals surface area contributed by atoms with Crippen molar-refractivity contribution in [3.05, 3.63) is 35.8 Å². The molecule has 0 saturated carbocycles. The molecular formula is C13H12ClFN2O2. The number of benzene rings is 1. The van der Waals surface area contributed by atoms with Crippen LogP contribution in [0.3, 0.4) is 0 Å². The van der Waals surface area contributed by atoms with E-state index in [0.29, 0.717) is 29.0 Å². The van der Waals surface area contributed by atoms with Gasteiger partial charge >= 0.3 is 5.97 Å². The molecule has 0 atom stereocenters. The summed E-state index contributed by atoms with van der Waals surface area (Å²) in [7, 11) is 0. The Kier molecular flexibility index (Phi) is 4.16. The van der Waals surface area contributed by atoms with Crippen LogP contribution in [0.25, 0.3) is 10.9 Å². The number of rotatable bonds is 5. The highest BCUT2D eigenvalue weighted by Crippen LogP contribution is 2.22. The normalized spacial score (nSPS) is 10.6. The lowest BCUT2D eigenvalue weighted by atomic mass is 10.1. The van der Waals surface area contributed by atoms with E-state index in [2.05, 4.69) is 10.3 Å². The van der Waals surface area contributed by atoms with E-state index >= 15 is 0 Å². The molecule has 0 aliphatic heterocycles. The molecule has 0 spiro atoms. The number of nitrogens with one attached hydrogen (secondary N) is 1. The molecule has 6 heteroatoms. The lowest BCUT2D eigenvalue weighted by Crippen LogP contribution is -2.04. The van der Waals surface area contributed by atoms with E-state index in [-0.39, 0.29) is 5.56 Å². The molecule has 0 amide bonds. The van der Waals surface area contributed by atoms with Gasteiger partial charge in [-0.25, -0.2) is 9.18 Å². The zero-order valence-corrected chi connectivity index (χ0v) is 10.7. The van der Waals surface area contributed by atoms with Crippen molar-refractivity contribution in [2.24, 2.45) is 0 Å². The van der Waals surface area contributed by atoms with Crippen molar-refractivity contribution < 1.29 is 14.3 Å². The number of fused-ring (bicyclic) bond motifs is 1. The minimum atomic E-state index is -1.08. The minimum absolute atomic E-state index is 0.0368. The Morgan fingerprint density at radius 2 is 2.21 bits per heavy atom. The summed E-state index contributed by atoms with van der Waals surface area (Å²) in [6.07, 6.45) is 1.98. The first-order valence-corrected chi connectivity index (χ1v) is 6.27. The van der Waals surface area contributed by atoms with Crippen LogP contribution < -0.4 is 5.32 Å². The zero-order chi connectivity index (χ0) is 13.8. The van der Waals surface area contributed by atoms with Crippen molar-refractivity contribution >= 4 is 34.2 Å². The Morgan fingerprint density at radius 3 is 2.89 bits per heavy atom. The fourth-order valence-electron chi connectivity index (χ4n) is 1.69. The summed E-state index contributed by atoms with van der Waals surface area (Å²) in [5.74, 6) is -1.02. The van der Waals surface area contributed by atoms with Crippen molar-refractivity contribution in [2.75, 3.05) is 17.7 Å². The number of hydrogen-bond donors (Lipinski definition) is 2. The average Bonchev–Trinajstić information content (AvgIpc) is 2.39. The number of alkyl halides is 1. The molecule has 0 radical (unpaired) electrons. The van der Waals surface area contributed by atoms with Crippen LogP contribution in [-0.2, 0) is 0 Å². The predicted molar refractivity (Wildman–Crippen MR) is 72.5 cm³/mol. The molecule has 2 aromatic rings. The van der Waals surface area contributed by atoms with Gasteiger partial charge in [0.15, 0.2) is 0 Å². The lowest BCUT2D eigenvalue weighted by molar-refractivity contribution is 0.0696. The van der Waals surface area contributed by atoms with Gasteiger partial charge in [0.05, 0.1) is 16.8 Å². The second kappa shape index (κ2) is 5.84. The van der Waals surface area contributed by atoms with Gasteiger partial charge in [0, 0.05) is 24.0 Å². The second-order valence-corrected chi connectivity index (χ2v) is 4.40. The monoisotopic (exact) mass is 282 g/mol. The Morgan fingerprint density at radius 1 is 1.42 bits per heavy atom. The summed E-state index contributed by atoms with van der Waals surface area (Å²) >= 11 is 5.55. The summed E-state index contributed by atoms with van der Waals surface area (Å²) in [6, 6.07) is 4.23. The van der Waals surface area contributed by atoms with Crippen LogP contribution in [0.4, 0.5) is 10.1 Å². The maximum Gasteiger partial charge on any atom is 0.337 e. The van der Waals surface area contributed by atoms with Gasteiger partial charge in [0.25, 0.3) is 0 Å². The molecular weight excluding hydrogens is 271 g/mol. The molecule has 0 bridgehead atoms. The van der Waals surface area contributed by atoms with Crippen molar-refractivity contribution in [3.8, 4) is 0 Å². The van der Waals surface area contributed by atoms with Gasteiger partial charge in [-0.15, -0.1) is 11.6 Å². The van der Waals surface area contributed by atoms with Crippen molar-refractivity contribution in [1.82, 2.24) is 4.98 Å². The summed E-state index contributed by atoms with van der Waals surface area (Å²) in [5.41, 5.74) is 0.919. The van der Waals surface area contributed by atoms with Crippen LogP contribution in [0, 0.1) is 5.82 Å². The second-order valence-electron chi connectivity index (χ2n) is 4.02. The number of carbonyl (C=O) groups is 1. The highest BCUT2D eigenvalue weighted by molar-refractivity contribution is 6.17.